The Morgan fingerprint density at radius 2 is 2.19 bits per heavy atom. The molecule has 1 aliphatic carbocycles. The normalized spacial score (nSPS) is 21.2. The highest BCUT2D eigenvalue weighted by Gasteiger charge is 2.25. The predicted octanol–water partition coefficient (Wildman–Crippen LogP) is -0.107. The topological polar surface area (TPSA) is 109 Å². The van der Waals surface area contributed by atoms with Crippen LogP contribution in [0.25, 0.3) is 0 Å². The van der Waals surface area contributed by atoms with Crippen LogP contribution in [-0.4, -0.2) is 41.1 Å². The van der Waals surface area contributed by atoms with Gasteiger partial charge in [-0.05, 0) is 32.2 Å². The number of aromatic nitrogens is 2. The molecular weight excluding hydrogens is 274 g/mol. The molecule has 1 atom stereocenters. The fourth-order valence-corrected chi connectivity index (χ4v) is 2.26. The Bertz CT molecular complexity index is 520. The number of hydrogen-bond donors (Lipinski definition) is 3. The molecule has 3 N–H and O–H groups in total. The second-order valence-corrected chi connectivity index (χ2v) is 5.45. The fraction of sp³-hybridized carbons (Fsp3) is 0.692. The highest BCUT2D eigenvalue weighted by Crippen LogP contribution is 2.21. The highest BCUT2D eigenvalue weighted by atomic mass is 16.5. The van der Waals surface area contributed by atoms with E-state index in [2.05, 4.69) is 26.1 Å². The first kappa shape index (κ1) is 14.0. The van der Waals surface area contributed by atoms with Gasteiger partial charge in [0.2, 0.25) is 11.8 Å². The van der Waals surface area contributed by atoms with Crippen LogP contribution < -0.4 is 16.0 Å². The van der Waals surface area contributed by atoms with Gasteiger partial charge in [0.05, 0.1) is 6.04 Å². The Morgan fingerprint density at radius 1 is 1.33 bits per heavy atom. The van der Waals surface area contributed by atoms with Gasteiger partial charge in [-0.2, -0.15) is 4.98 Å². The van der Waals surface area contributed by atoms with Crippen LogP contribution in [0, 0.1) is 0 Å². The van der Waals surface area contributed by atoms with E-state index in [4.69, 9.17) is 4.52 Å². The summed E-state index contributed by atoms with van der Waals surface area (Å²) in [7, 11) is 0. The number of nitrogens with one attached hydrogen (secondary N) is 3. The van der Waals surface area contributed by atoms with Crippen LogP contribution in [0.5, 0.6) is 0 Å². The van der Waals surface area contributed by atoms with Gasteiger partial charge in [-0.15, -0.1) is 0 Å². The van der Waals surface area contributed by atoms with E-state index in [-0.39, 0.29) is 30.7 Å². The molecule has 8 heteroatoms. The van der Waals surface area contributed by atoms with Gasteiger partial charge in [-0.25, -0.2) is 0 Å². The van der Waals surface area contributed by atoms with E-state index in [0.29, 0.717) is 11.9 Å². The maximum atomic E-state index is 11.8. The number of carbonyl (C=O) groups is 2. The minimum Gasteiger partial charge on any atom is -0.353 e. The molecule has 0 spiro atoms. The van der Waals surface area contributed by atoms with Crippen LogP contribution in [0.15, 0.2) is 4.52 Å². The van der Waals surface area contributed by atoms with Crippen molar-refractivity contribution < 1.29 is 14.1 Å². The second kappa shape index (κ2) is 6.21. The molecule has 1 aromatic heterocycles. The Morgan fingerprint density at radius 3 is 2.90 bits per heavy atom. The van der Waals surface area contributed by atoms with Gasteiger partial charge in [0.1, 0.15) is 0 Å². The van der Waals surface area contributed by atoms with Crippen molar-refractivity contribution in [3.05, 3.63) is 11.7 Å². The van der Waals surface area contributed by atoms with Crippen LogP contribution in [0.3, 0.4) is 0 Å². The van der Waals surface area contributed by atoms with E-state index in [1.54, 1.807) is 0 Å². The van der Waals surface area contributed by atoms with Gasteiger partial charge in [-0.3, -0.25) is 9.59 Å². The van der Waals surface area contributed by atoms with Crippen LogP contribution >= 0.6 is 0 Å². The summed E-state index contributed by atoms with van der Waals surface area (Å²) in [6, 6.07) is 0.384. The summed E-state index contributed by atoms with van der Waals surface area (Å²) in [5.74, 6) is 0.00871. The predicted molar refractivity (Wildman–Crippen MR) is 72.4 cm³/mol. The van der Waals surface area contributed by atoms with Gasteiger partial charge >= 0.3 is 0 Å². The Labute approximate surface area is 122 Å². The van der Waals surface area contributed by atoms with Crippen molar-refractivity contribution in [2.24, 2.45) is 0 Å². The zero-order valence-corrected chi connectivity index (χ0v) is 11.7. The molecule has 1 unspecified atom stereocenters. The van der Waals surface area contributed by atoms with Crippen LogP contribution in [-0.2, 0) is 4.79 Å². The molecule has 1 saturated heterocycles. The van der Waals surface area contributed by atoms with E-state index in [0.717, 1.165) is 32.2 Å². The van der Waals surface area contributed by atoms with Gasteiger partial charge in [0.15, 0.2) is 0 Å². The standard InChI is InChI=1S/C13H19N5O3/c19-10(16-8-3-4-8)5-7-15-12(20)11-17-13(21-18-11)9-2-1-6-14-9/h8-9,14H,1-7H2,(H,15,20)(H,16,19). The monoisotopic (exact) mass is 293 g/mol. The molecule has 3 rings (SSSR count). The average molecular weight is 293 g/mol. The maximum Gasteiger partial charge on any atom is 0.292 e. The molecular formula is C13H19N5O3. The van der Waals surface area contributed by atoms with Crippen molar-refractivity contribution in [2.75, 3.05) is 13.1 Å². The number of hydrogen-bond acceptors (Lipinski definition) is 6. The molecule has 2 aliphatic rings. The summed E-state index contributed by atoms with van der Waals surface area (Å²) in [6.07, 6.45) is 4.37. The van der Waals surface area contributed by atoms with E-state index < -0.39 is 5.91 Å². The third-order valence-electron chi connectivity index (χ3n) is 3.58. The molecule has 2 amide bonds. The molecule has 0 bridgehead atoms. The summed E-state index contributed by atoms with van der Waals surface area (Å²) in [5.41, 5.74) is 0. The SMILES string of the molecule is O=C(CCNC(=O)c1noc(C2CCCN2)n1)NC1CC1. The number of rotatable bonds is 6. The highest BCUT2D eigenvalue weighted by molar-refractivity contribution is 5.90. The van der Waals surface area contributed by atoms with E-state index in [9.17, 15) is 9.59 Å². The Kier molecular flexibility index (Phi) is 4.14. The van der Waals surface area contributed by atoms with Crippen LogP contribution in [0.1, 0.15) is 54.7 Å². The molecule has 0 aromatic carbocycles. The third-order valence-corrected chi connectivity index (χ3v) is 3.58. The largest absolute Gasteiger partial charge is 0.353 e. The lowest BCUT2D eigenvalue weighted by Crippen LogP contribution is -2.32. The molecule has 2 heterocycles. The van der Waals surface area contributed by atoms with Crippen molar-refractivity contribution in [3.63, 3.8) is 0 Å². The quantitative estimate of drug-likeness (QED) is 0.675. The summed E-state index contributed by atoms with van der Waals surface area (Å²) in [6.45, 7) is 1.19. The zero-order valence-electron chi connectivity index (χ0n) is 11.7. The van der Waals surface area contributed by atoms with E-state index in [1.807, 2.05) is 0 Å². The first-order chi connectivity index (χ1) is 10.2. The van der Waals surface area contributed by atoms with E-state index in [1.165, 1.54) is 0 Å². The minimum absolute atomic E-state index is 0.0151. The first-order valence-electron chi connectivity index (χ1n) is 7.37. The van der Waals surface area contributed by atoms with Crippen molar-refractivity contribution in [2.45, 2.75) is 44.2 Å². The molecule has 8 nitrogen and oxygen atoms in total. The number of amides is 2. The molecule has 1 aromatic rings. The second-order valence-electron chi connectivity index (χ2n) is 5.45. The summed E-state index contributed by atoms with van der Waals surface area (Å²) < 4.78 is 5.09. The van der Waals surface area contributed by atoms with Crippen molar-refractivity contribution in [1.82, 2.24) is 26.1 Å². The molecule has 0 radical (unpaired) electrons. The fourth-order valence-electron chi connectivity index (χ4n) is 2.26. The minimum atomic E-state index is -0.415. The van der Waals surface area contributed by atoms with Gasteiger partial charge < -0.3 is 20.5 Å². The summed E-state index contributed by atoms with van der Waals surface area (Å²) >= 11 is 0. The Balaban J connectivity index is 1.43. The van der Waals surface area contributed by atoms with E-state index >= 15 is 0 Å². The summed E-state index contributed by atoms with van der Waals surface area (Å²) in [4.78, 5) is 27.4. The number of carbonyl (C=O) groups excluding carboxylic acids is 2. The molecule has 2 fully saturated rings. The van der Waals surface area contributed by atoms with Gasteiger partial charge in [0, 0.05) is 19.0 Å². The molecule has 21 heavy (non-hydrogen) atoms. The zero-order chi connectivity index (χ0) is 14.7. The third kappa shape index (κ3) is 3.78. The molecule has 1 saturated carbocycles. The van der Waals surface area contributed by atoms with Crippen LogP contribution in [0.4, 0.5) is 0 Å². The van der Waals surface area contributed by atoms with Crippen molar-refractivity contribution >= 4 is 11.8 Å². The summed E-state index contributed by atoms with van der Waals surface area (Å²) in [5, 5.41) is 12.4. The van der Waals surface area contributed by atoms with Crippen molar-refractivity contribution in [1.29, 1.82) is 0 Å². The van der Waals surface area contributed by atoms with Gasteiger partial charge in [0.25, 0.3) is 11.7 Å². The lowest BCUT2D eigenvalue weighted by atomic mass is 10.2. The lowest BCUT2D eigenvalue weighted by Gasteiger charge is -2.03. The van der Waals surface area contributed by atoms with Gasteiger partial charge in [-0.1, -0.05) is 5.16 Å². The van der Waals surface area contributed by atoms with Crippen molar-refractivity contribution in [3.8, 4) is 0 Å². The average Bonchev–Trinajstić information content (AvgIpc) is 2.99. The molecule has 1 aliphatic heterocycles. The number of nitrogens with zero attached hydrogens (tertiary/aromatic N) is 2. The maximum absolute atomic E-state index is 11.8. The smallest absolute Gasteiger partial charge is 0.292 e. The lowest BCUT2D eigenvalue weighted by molar-refractivity contribution is -0.121. The first-order valence-corrected chi connectivity index (χ1v) is 7.37. The van der Waals surface area contributed by atoms with Crippen LogP contribution in [0.2, 0.25) is 0 Å². The Hall–Kier alpha value is -1.96. The molecule has 114 valence electrons.